The fourth-order valence-electron chi connectivity index (χ4n) is 3.79. The summed E-state index contributed by atoms with van der Waals surface area (Å²) >= 11 is 0. The van der Waals surface area contributed by atoms with Gasteiger partial charge < -0.3 is 19.7 Å². The van der Waals surface area contributed by atoms with Crippen LogP contribution in [0.3, 0.4) is 0 Å². The summed E-state index contributed by atoms with van der Waals surface area (Å²) in [7, 11) is 0. The minimum atomic E-state index is -0.619. The van der Waals surface area contributed by atoms with Gasteiger partial charge in [-0.1, -0.05) is 40.0 Å². The van der Waals surface area contributed by atoms with Gasteiger partial charge in [-0.3, -0.25) is 4.79 Å². The summed E-state index contributed by atoms with van der Waals surface area (Å²) in [6.45, 7) is 17.5. The summed E-state index contributed by atoms with van der Waals surface area (Å²) < 4.78 is 10.7. The predicted molar refractivity (Wildman–Crippen MR) is 121 cm³/mol. The van der Waals surface area contributed by atoms with E-state index < -0.39 is 12.2 Å². The minimum Gasteiger partial charge on any atom is -0.462 e. The van der Waals surface area contributed by atoms with Crippen LogP contribution in [0.25, 0.3) is 0 Å². The summed E-state index contributed by atoms with van der Waals surface area (Å²) in [5, 5.41) is 2.86. The van der Waals surface area contributed by atoms with Crippen LogP contribution in [0.2, 0.25) is 0 Å². The lowest BCUT2D eigenvalue weighted by Gasteiger charge is -2.21. The molecule has 0 bridgehead atoms. The predicted octanol–water partition coefficient (Wildman–Crippen LogP) is 4.78. The Morgan fingerprint density at radius 1 is 0.967 bits per heavy atom. The van der Waals surface area contributed by atoms with Crippen molar-refractivity contribution in [2.24, 2.45) is 11.8 Å². The molecule has 2 radical (unpaired) electrons. The van der Waals surface area contributed by atoms with E-state index in [-0.39, 0.29) is 18.5 Å². The van der Waals surface area contributed by atoms with Gasteiger partial charge in [0.05, 0.1) is 0 Å². The first-order valence-corrected chi connectivity index (χ1v) is 11.8. The van der Waals surface area contributed by atoms with Gasteiger partial charge in [-0.25, -0.2) is 4.79 Å². The van der Waals surface area contributed by atoms with Gasteiger partial charge in [0.25, 0.3) is 0 Å². The van der Waals surface area contributed by atoms with Crippen molar-refractivity contribution in [1.82, 2.24) is 10.2 Å². The van der Waals surface area contributed by atoms with Crippen molar-refractivity contribution in [3.8, 4) is 0 Å². The second kappa shape index (κ2) is 15.5. The molecular formula is C24H44N2O4. The standard InChI is InChI=1S/C24H44N2O4/c1-19(2)9-8-10-21(5)11-12-22(13-14-23(27)29-20(3)4)30-24(28)25-15-18-26-16-6-7-17-26/h19-22H,3-4,6-18H2,1-2,5H3,(H,25,28). The quantitative estimate of drug-likeness (QED) is 0.383. The van der Waals surface area contributed by atoms with Crippen LogP contribution in [-0.2, 0) is 14.3 Å². The molecule has 2 unspecified atom stereocenters. The number of nitrogens with one attached hydrogen (secondary N) is 1. The van der Waals surface area contributed by atoms with Crippen LogP contribution in [0.15, 0.2) is 0 Å². The second-order valence-corrected chi connectivity index (χ2v) is 9.16. The molecule has 0 aromatic carbocycles. The van der Waals surface area contributed by atoms with Gasteiger partial charge in [0.1, 0.15) is 12.2 Å². The number of alkyl carbamates (subject to hydrolysis) is 1. The van der Waals surface area contributed by atoms with Crippen LogP contribution in [0.1, 0.15) is 78.6 Å². The number of nitrogens with zero attached hydrogens (tertiary/aromatic N) is 1. The average Bonchev–Trinajstić information content (AvgIpc) is 3.16. The molecule has 1 heterocycles. The highest BCUT2D eigenvalue weighted by Crippen LogP contribution is 2.20. The Hall–Kier alpha value is -1.30. The Morgan fingerprint density at radius 2 is 1.67 bits per heavy atom. The number of esters is 1. The van der Waals surface area contributed by atoms with Gasteiger partial charge in [0.15, 0.2) is 0 Å². The van der Waals surface area contributed by atoms with E-state index in [1.807, 2.05) is 0 Å². The van der Waals surface area contributed by atoms with Crippen molar-refractivity contribution in [3.63, 3.8) is 0 Å². The summed E-state index contributed by atoms with van der Waals surface area (Å²) in [6.07, 6.45) is 7.22. The number of carbonyl (C=O) groups excluding carboxylic acids is 2. The molecule has 1 N–H and O–H groups in total. The molecule has 0 saturated carbocycles. The molecule has 2 atom stereocenters. The molecule has 0 spiro atoms. The number of ether oxygens (including phenoxy) is 2. The minimum absolute atomic E-state index is 0.203. The van der Waals surface area contributed by atoms with Gasteiger partial charge in [-0.05, 0) is 70.9 Å². The molecular weight excluding hydrogens is 380 g/mol. The molecule has 6 heteroatoms. The number of likely N-dealkylation sites (tertiary alicyclic amines) is 1. The van der Waals surface area contributed by atoms with Crippen LogP contribution >= 0.6 is 0 Å². The largest absolute Gasteiger partial charge is 0.462 e. The molecule has 1 aliphatic rings. The Kier molecular flexibility index (Phi) is 13.8. The number of carbonyl (C=O) groups is 2. The Morgan fingerprint density at radius 3 is 2.30 bits per heavy atom. The van der Waals surface area contributed by atoms with Crippen LogP contribution in [0.4, 0.5) is 4.79 Å². The number of rotatable bonds is 15. The van der Waals surface area contributed by atoms with E-state index in [1.54, 1.807) is 0 Å². The summed E-state index contributed by atoms with van der Waals surface area (Å²) in [5.74, 6) is 0.954. The molecule has 174 valence electrons. The molecule has 6 nitrogen and oxygen atoms in total. The highest BCUT2D eigenvalue weighted by atomic mass is 16.6. The van der Waals surface area contributed by atoms with Crippen molar-refractivity contribution in [2.75, 3.05) is 26.2 Å². The lowest BCUT2D eigenvalue weighted by Crippen LogP contribution is -2.35. The Labute approximate surface area is 184 Å². The third kappa shape index (κ3) is 13.8. The van der Waals surface area contributed by atoms with E-state index in [4.69, 9.17) is 9.47 Å². The van der Waals surface area contributed by atoms with Gasteiger partial charge in [0.2, 0.25) is 0 Å². The van der Waals surface area contributed by atoms with Gasteiger partial charge in [-0.15, -0.1) is 0 Å². The van der Waals surface area contributed by atoms with E-state index in [0.717, 1.165) is 38.4 Å². The van der Waals surface area contributed by atoms with Crippen LogP contribution in [0, 0.1) is 25.7 Å². The zero-order valence-corrected chi connectivity index (χ0v) is 19.5. The first-order chi connectivity index (χ1) is 14.3. The highest BCUT2D eigenvalue weighted by Gasteiger charge is 2.19. The first-order valence-electron chi connectivity index (χ1n) is 11.8. The van der Waals surface area contributed by atoms with Crippen molar-refractivity contribution >= 4 is 12.1 Å². The zero-order chi connectivity index (χ0) is 22.4. The normalized spacial score (nSPS) is 16.6. The maximum atomic E-state index is 12.3. The zero-order valence-electron chi connectivity index (χ0n) is 19.5. The van der Waals surface area contributed by atoms with Crippen molar-refractivity contribution < 1.29 is 19.1 Å². The maximum Gasteiger partial charge on any atom is 0.407 e. The van der Waals surface area contributed by atoms with E-state index in [2.05, 4.69) is 44.8 Å². The fourth-order valence-corrected chi connectivity index (χ4v) is 3.79. The molecule has 30 heavy (non-hydrogen) atoms. The lowest BCUT2D eigenvalue weighted by atomic mass is 9.94. The van der Waals surface area contributed by atoms with Gasteiger partial charge >= 0.3 is 12.1 Å². The van der Waals surface area contributed by atoms with Gasteiger partial charge in [0, 0.05) is 19.5 Å². The second-order valence-electron chi connectivity index (χ2n) is 9.16. The molecule has 0 aromatic rings. The molecule has 1 aliphatic heterocycles. The van der Waals surface area contributed by atoms with E-state index in [9.17, 15) is 9.59 Å². The fraction of sp³-hybridized carbons (Fsp3) is 0.833. The summed E-state index contributed by atoms with van der Waals surface area (Å²) in [5.41, 5.74) is 0. The van der Waals surface area contributed by atoms with Gasteiger partial charge in [-0.2, -0.15) is 0 Å². The molecule has 1 fully saturated rings. The number of hydrogen-bond acceptors (Lipinski definition) is 5. The maximum absolute atomic E-state index is 12.3. The van der Waals surface area contributed by atoms with Crippen LogP contribution in [-0.4, -0.2) is 55.3 Å². The third-order valence-electron chi connectivity index (χ3n) is 5.60. The van der Waals surface area contributed by atoms with Crippen molar-refractivity contribution in [3.05, 3.63) is 13.8 Å². The molecule has 1 saturated heterocycles. The highest BCUT2D eigenvalue weighted by molar-refractivity contribution is 5.70. The first kappa shape index (κ1) is 26.7. The van der Waals surface area contributed by atoms with E-state index in [0.29, 0.717) is 18.9 Å². The molecule has 1 rings (SSSR count). The van der Waals surface area contributed by atoms with Crippen molar-refractivity contribution in [1.29, 1.82) is 0 Å². The van der Waals surface area contributed by atoms with Crippen LogP contribution < -0.4 is 5.32 Å². The number of amides is 1. The summed E-state index contributed by atoms with van der Waals surface area (Å²) in [4.78, 5) is 26.4. The molecule has 1 amide bonds. The monoisotopic (exact) mass is 424 g/mol. The smallest absolute Gasteiger partial charge is 0.407 e. The Bertz CT molecular complexity index is 476. The topological polar surface area (TPSA) is 67.9 Å². The third-order valence-corrected chi connectivity index (χ3v) is 5.60. The van der Waals surface area contributed by atoms with E-state index in [1.165, 1.54) is 32.1 Å². The number of hydrogen-bond donors (Lipinski definition) is 1. The molecule has 0 aliphatic carbocycles. The van der Waals surface area contributed by atoms with Crippen LogP contribution in [0.5, 0.6) is 0 Å². The SMILES string of the molecule is [CH2]C([CH2])OC(=O)CCC(CCC(C)CCCC(C)C)OC(=O)NCCN1CCCC1. The Balaban J connectivity index is 2.39. The van der Waals surface area contributed by atoms with E-state index >= 15 is 0 Å². The lowest BCUT2D eigenvalue weighted by molar-refractivity contribution is -0.146. The molecule has 0 aromatic heterocycles. The van der Waals surface area contributed by atoms with Crippen molar-refractivity contribution in [2.45, 2.75) is 90.8 Å². The summed E-state index contributed by atoms with van der Waals surface area (Å²) in [6, 6.07) is 0. The average molecular weight is 425 g/mol.